The van der Waals surface area contributed by atoms with Gasteiger partial charge in [-0.1, -0.05) is 11.8 Å². The summed E-state index contributed by atoms with van der Waals surface area (Å²) in [6.45, 7) is 0.863. The van der Waals surface area contributed by atoms with Crippen LogP contribution in [0, 0.1) is 29.6 Å². The van der Waals surface area contributed by atoms with E-state index in [2.05, 4.69) is 23.7 Å². The highest BCUT2D eigenvalue weighted by Gasteiger charge is 2.54. The lowest BCUT2D eigenvalue weighted by atomic mass is 10.1. The van der Waals surface area contributed by atoms with E-state index in [4.69, 9.17) is 10.3 Å². The summed E-state index contributed by atoms with van der Waals surface area (Å²) in [5.74, 6) is 8.87. The summed E-state index contributed by atoms with van der Waals surface area (Å²) < 4.78 is 35.9. The average molecular weight is 462 g/mol. The van der Waals surface area contributed by atoms with Crippen LogP contribution in [0.2, 0.25) is 0 Å². The number of hydrogen-bond acceptors (Lipinski definition) is 6. The van der Waals surface area contributed by atoms with E-state index < -0.39 is 38.7 Å². The van der Waals surface area contributed by atoms with Crippen molar-refractivity contribution < 1.29 is 32.7 Å². The Kier molecular flexibility index (Phi) is 6.34. The van der Waals surface area contributed by atoms with Crippen LogP contribution >= 0.6 is 0 Å². The summed E-state index contributed by atoms with van der Waals surface area (Å²) in [7, 11) is -3.86. The molecule has 3 N–H and O–H groups in total. The Morgan fingerprint density at radius 1 is 1.41 bits per heavy atom. The molecule has 0 unspecified atom stereocenters. The molecule has 1 heterocycles. The number of nitrogens with one attached hydrogen (secondary N) is 1. The van der Waals surface area contributed by atoms with Crippen molar-refractivity contribution in [1.29, 1.82) is 0 Å². The van der Waals surface area contributed by atoms with Crippen LogP contribution < -0.4 is 5.48 Å². The van der Waals surface area contributed by atoms with E-state index in [0.29, 0.717) is 16.7 Å². The van der Waals surface area contributed by atoms with Gasteiger partial charge in [-0.15, -0.1) is 0 Å². The molecule has 0 radical (unpaired) electrons. The third-order valence-corrected chi connectivity index (χ3v) is 8.06. The first-order chi connectivity index (χ1) is 14.9. The molecule has 0 spiro atoms. The first-order valence-corrected chi connectivity index (χ1v) is 11.7. The van der Waals surface area contributed by atoms with Crippen molar-refractivity contribution in [3.63, 3.8) is 0 Å². The summed E-state index contributed by atoms with van der Waals surface area (Å²) in [5.41, 5.74) is 1.54. The summed E-state index contributed by atoms with van der Waals surface area (Å²) in [6, 6.07) is 4.99. The minimum atomic E-state index is -3.86. The number of alkyl halides is 1. The zero-order valence-corrected chi connectivity index (χ0v) is 18.4. The van der Waals surface area contributed by atoms with Crippen molar-refractivity contribution in [3.05, 3.63) is 34.9 Å². The van der Waals surface area contributed by atoms with E-state index in [-0.39, 0.29) is 31.8 Å². The number of aliphatic hydroxyl groups is 1. The third kappa shape index (κ3) is 4.49. The Balaban J connectivity index is 1.68. The molecule has 3 rings (SSSR count). The molecule has 170 valence electrons. The number of rotatable bonds is 6. The number of amides is 2. The lowest BCUT2D eigenvalue weighted by Crippen LogP contribution is -2.50. The smallest absolute Gasteiger partial charge is 0.264 e. The number of hydroxylamine groups is 1. The number of fused-ring (bicyclic) bond motifs is 1. The molecule has 32 heavy (non-hydrogen) atoms. The Morgan fingerprint density at radius 3 is 2.72 bits per heavy atom. The summed E-state index contributed by atoms with van der Waals surface area (Å²) in [5, 5.41) is 17.8. The summed E-state index contributed by atoms with van der Waals surface area (Å²) >= 11 is 0. The van der Waals surface area contributed by atoms with Crippen molar-refractivity contribution in [2.75, 3.05) is 19.4 Å². The molecule has 0 bridgehead atoms. The number of sulfone groups is 1. The van der Waals surface area contributed by atoms with Crippen LogP contribution in [-0.4, -0.2) is 65.3 Å². The molecule has 2 aliphatic rings. The van der Waals surface area contributed by atoms with E-state index in [0.717, 1.165) is 6.26 Å². The van der Waals surface area contributed by atoms with Crippen LogP contribution in [0.25, 0.3) is 0 Å². The largest absolute Gasteiger partial charge is 0.393 e. The van der Waals surface area contributed by atoms with Gasteiger partial charge in [-0.05, 0) is 48.9 Å². The van der Waals surface area contributed by atoms with Crippen LogP contribution in [0.3, 0.4) is 0 Å². The molecule has 1 fully saturated rings. The molecule has 2 amide bonds. The van der Waals surface area contributed by atoms with Gasteiger partial charge in [-0.25, -0.2) is 18.3 Å². The molecule has 8 nitrogen and oxygen atoms in total. The van der Waals surface area contributed by atoms with Crippen LogP contribution in [0.5, 0.6) is 0 Å². The van der Waals surface area contributed by atoms with Crippen LogP contribution in [0.4, 0.5) is 4.39 Å². The summed E-state index contributed by atoms with van der Waals surface area (Å²) in [6.07, 6.45) is 0.913. The van der Waals surface area contributed by atoms with Gasteiger partial charge in [0.15, 0.2) is 14.6 Å². The maximum Gasteiger partial charge on any atom is 0.264 e. The van der Waals surface area contributed by atoms with E-state index in [1.165, 1.54) is 17.3 Å². The fourth-order valence-electron chi connectivity index (χ4n) is 3.44. The lowest BCUT2D eigenvalue weighted by molar-refractivity contribution is -0.131. The number of carbonyl (C=O) groups is 2. The summed E-state index contributed by atoms with van der Waals surface area (Å²) in [4.78, 5) is 26.0. The number of nitrogens with zero attached hydrogens (tertiary/aromatic N) is 1. The zero-order valence-electron chi connectivity index (χ0n) is 17.6. The van der Waals surface area contributed by atoms with Crippen LogP contribution in [0.15, 0.2) is 18.2 Å². The Bertz CT molecular complexity index is 1190. The van der Waals surface area contributed by atoms with E-state index in [1.54, 1.807) is 18.2 Å². The number of hydrogen-bond donors (Lipinski definition) is 3. The molecular weight excluding hydrogens is 439 g/mol. The van der Waals surface area contributed by atoms with Crippen LogP contribution in [-0.2, 0) is 21.2 Å². The quantitative estimate of drug-likeness (QED) is 0.320. The van der Waals surface area contributed by atoms with Crippen molar-refractivity contribution >= 4 is 21.7 Å². The monoisotopic (exact) mass is 462 g/mol. The van der Waals surface area contributed by atoms with Gasteiger partial charge < -0.3 is 10.0 Å². The topological polar surface area (TPSA) is 124 Å². The van der Waals surface area contributed by atoms with Crippen molar-refractivity contribution in [2.24, 2.45) is 5.92 Å². The van der Waals surface area contributed by atoms with Gasteiger partial charge in [0, 0.05) is 36.9 Å². The number of halogens is 1. The predicted molar refractivity (Wildman–Crippen MR) is 113 cm³/mol. The fourth-order valence-corrected chi connectivity index (χ4v) is 4.28. The van der Waals surface area contributed by atoms with Gasteiger partial charge in [0.25, 0.3) is 11.8 Å². The maximum absolute atomic E-state index is 13.6. The zero-order chi connectivity index (χ0) is 23.7. The predicted octanol–water partition coefficient (Wildman–Crippen LogP) is 0.417. The SMILES string of the molecule is C[C@@](CCN1Cc2cc(C#CC#C[C@H]3C[C@]3(F)CO)ccc2C1=O)(C(=O)NO)S(C)(=O)=O. The highest BCUT2D eigenvalue weighted by molar-refractivity contribution is 7.92. The Morgan fingerprint density at radius 2 is 2.12 bits per heavy atom. The maximum atomic E-state index is 13.6. The first kappa shape index (κ1) is 23.7. The molecule has 1 aliphatic carbocycles. The number of benzene rings is 1. The van der Waals surface area contributed by atoms with Gasteiger partial charge >= 0.3 is 0 Å². The normalized spacial score (nSPS) is 23.2. The van der Waals surface area contributed by atoms with Crippen LogP contribution in [0.1, 0.15) is 41.3 Å². The molecule has 1 saturated carbocycles. The van der Waals surface area contributed by atoms with Gasteiger partial charge in [0.1, 0.15) is 5.67 Å². The second-order valence-corrected chi connectivity index (χ2v) is 10.7. The molecule has 0 aromatic heterocycles. The highest BCUT2D eigenvalue weighted by Crippen LogP contribution is 2.46. The van der Waals surface area contributed by atoms with Gasteiger partial charge in [0.2, 0.25) is 0 Å². The van der Waals surface area contributed by atoms with Gasteiger partial charge in [-0.3, -0.25) is 14.8 Å². The molecule has 1 aromatic rings. The average Bonchev–Trinajstić information content (AvgIpc) is 3.31. The van der Waals surface area contributed by atoms with Crippen molar-refractivity contribution in [2.45, 2.75) is 36.7 Å². The molecule has 0 saturated heterocycles. The highest BCUT2D eigenvalue weighted by atomic mass is 32.2. The number of carbonyl (C=O) groups excluding carboxylic acids is 2. The minimum absolute atomic E-state index is 0.00574. The van der Waals surface area contributed by atoms with Crippen molar-refractivity contribution in [3.8, 4) is 23.7 Å². The second-order valence-electron chi connectivity index (χ2n) is 8.26. The molecular formula is C22H23FN2O6S. The van der Waals surface area contributed by atoms with Crippen molar-refractivity contribution in [1.82, 2.24) is 10.4 Å². The standard InChI is InChI=1S/C22H23FN2O6S/c1-21(20(28)24-29,32(2,30)31)9-10-25-13-16-11-15(7-8-18(16)19(25)27)5-3-4-6-17-12-22(17,23)14-26/h7-8,11,17,26,29H,9-10,12-14H2,1-2H3,(H,24,28)/t17-,21+,22-/m0/s1. The fraction of sp³-hybridized carbons (Fsp3) is 0.455. The lowest BCUT2D eigenvalue weighted by Gasteiger charge is -2.27. The second kappa shape index (κ2) is 8.55. The third-order valence-electron chi connectivity index (χ3n) is 6.03. The van der Waals surface area contributed by atoms with Gasteiger partial charge in [-0.2, -0.15) is 0 Å². The number of aliphatic hydroxyl groups excluding tert-OH is 1. The molecule has 10 heteroatoms. The Hall–Kier alpha value is -2.92. The van der Waals surface area contributed by atoms with E-state index in [1.807, 2.05) is 0 Å². The minimum Gasteiger partial charge on any atom is -0.393 e. The van der Waals surface area contributed by atoms with Gasteiger partial charge in [0.05, 0.1) is 12.5 Å². The van der Waals surface area contributed by atoms with E-state index >= 15 is 0 Å². The molecule has 1 aromatic carbocycles. The Labute approximate surface area is 185 Å². The van der Waals surface area contributed by atoms with E-state index in [9.17, 15) is 22.4 Å². The molecule has 3 atom stereocenters. The molecule has 1 aliphatic heterocycles. The first-order valence-electron chi connectivity index (χ1n) is 9.83.